The Bertz CT molecular complexity index is 1030. The maximum absolute atomic E-state index is 13.0. The zero-order valence-corrected chi connectivity index (χ0v) is 38.1. The number of aliphatic hydroxyl groups is 7. The lowest BCUT2D eigenvalue weighted by molar-refractivity contribution is -0.220. The molecule has 0 aliphatic heterocycles. The number of unbranched alkanes of at least 4 members (excludes halogenated alkanes) is 27. The zero-order chi connectivity index (χ0) is 43.7. The highest BCUT2D eigenvalue weighted by molar-refractivity contribution is 7.47. The van der Waals surface area contributed by atoms with Crippen LogP contribution in [0.2, 0.25) is 0 Å². The summed E-state index contributed by atoms with van der Waals surface area (Å²) in [5.74, 6) is -0.556. The fraction of sp³-hybridized carbons (Fsp3) is 0.978. The summed E-state index contributed by atoms with van der Waals surface area (Å²) in [5, 5.41) is 74.6. The van der Waals surface area contributed by atoms with Crippen molar-refractivity contribution in [1.82, 2.24) is 5.32 Å². The van der Waals surface area contributed by atoms with Crippen LogP contribution in [-0.4, -0.2) is 108 Å². The Morgan fingerprint density at radius 2 is 0.847 bits per heavy atom. The standard InChI is InChI=1S/C45H90NO12P/c1-3-5-7-9-11-13-15-17-19-20-22-24-26-28-30-32-36(47)34-39(49)46-37(35-57-59(55,56)58-45-43(53)41(51)40(50)42(52)44(45)54)38(48)33-31-29-27-25-23-21-18-16-14-12-10-8-6-4-2/h36-38,40-45,47-48,50-54H,3-35H2,1-2H3,(H,46,49)(H,55,56). The van der Waals surface area contributed by atoms with Gasteiger partial charge in [0.05, 0.1) is 31.3 Å². The molecule has 352 valence electrons. The molecule has 8 atom stereocenters. The molecule has 9 N–H and O–H groups in total. The number of phosphoric ester groups is 1. The van der Waals surface area contributed by atoms with E-state index in [1.54, 1.807) is 0 Å². The molecule has 1 saturated carbocycles. The highest BCUT2D eigenvalue weighted by Crippen LogP contribution is 2.47. The van der Waals surface area contributed by atoms with E-state index >= 15 is 0 Å². The Balaban J connectivity index is 2.50. The van der Waals surface area contributed by atoms with Gasteiger partial charge < -0.3 is 46.0 Å². The van der Waals surface area contributed by atoms with Crippen LogP contribution in [-0.2, 0) is 18.4 Å². The first kappa shape index (κ1) is 56.3. The third-order valence-corrected chi connectivity index (χ3v) is 13.0. The number of carbonyl (C=O) groups excluding carboxylic acids is 1. The van der Waals surface area contributed by atoms with E-state index in [0.717, 1.165) is 51.4 Å². The SMILES string of the molecule is CCCCCCCCCCCCCCCCCC(O)CC(=O)NC(COP(=O)(O)OC1C(O)C(O)C(O)C(O)C1O)C(O)CCCCCCCCCCCCCCCC. The third kappa shape index (κ3) is 27.9. The van der Waals surface area contributed by atoms with Gasteiger partial charge in [-0.15, -0.1) is 0 Å². The van der Waals surface area contributed by atoms with E-state index in [0.29, 0.717) is 12.8 Å². The largest absolute Gasteiger partial charge is 0.472 e. The minimum atomic E-state index is -5.11. The predicted octanol–water partition coefficient (Wildman–Crippen LogP) is 8.04. The van der Waals surface area contributed by atoms with Crippen molar-refractivity contribution in [3.8, 4) is 0 Å². The lowest BCUT2D eigenvalue weighted by Gasteiger charge is -2.41. The molecule has 8 unspecified atom stereocenters. The second kappa shape index (κ2) is 35.7. The molecule has 0 spiro atoms. The van der Waals surface area contributed by atoms with Crippen LogP contribution in [0, 0.1) is 0 Å². The molecule has 1 fully saturated rings. The molecular weight excluding hydrogens is 777 g/mol. The van der Waals surface area contributed by atoms with Crippen LogP contribution in [0.5, 0.6) is 0 Å². The van der Waals surface area contributed by atoms with Crippen molar-refractivity contribution in [2.75, 3.05) is 6.61 Å². The highest BCUT2D eigenvalue weighted by Gasteiger charge is 2.51. The lowest BCUT2D eigenvalue weighted by atomic mass is 9.85. The Hall–Kier alpha value is -0.700. The average molecular weight is 868 g/mol. The van der Waals surface area contributed by atoms with Gasteiger partial charge in [-0.2, -0.15) is 0 Å². The number of hydrogen-bond acceptors (Lipinski definition) is 11. The summed E-state index contributed by atoms with van der Waals surface area (Å²) in [5.41, 5.74) is 0. The van der Waals surface area contributed by atoms with Gasteiger partial charge in [-0.3, -0.25) is 13.8 Å². The summed E-state index contributed by atoms with van der Waals surface area (Å²) < 4.78 is 22.9. The van der Waals surface area contributed by atoms with E-state index in [2.05, 4.69) is 19.2 Å². The van der Waals surface area contributed by atoms with E-state index in [-0.39, 0.29) is 12.8 Å². The van der Waals surface area contributed by atoms with Gasteiger partial charge in [0.2, 0.25) is 5.91 Å². The summed E-state index contributed by atoms with van der Waals surface area (Å²) >= 11 is 0. The van der Waals surface area contributed by atoms with Crippen molar-refractivity contribution in [2.24, 2.45) is 0 Å². The Morgan fingerprint density at radius 1 is 0.525 bits per heavy atom. The first-order chi connectivity index (χ1) is 28.3. The van der Waals surface area contributed by atoms with Gasteiger partial charge in [0, 0.05) is 0 Å². The molecule has 59 heavy (non-hydrogen) atoms. The maximum atomic E-state index is 13.0. The van der Waals surface area contributed by atoms with Crippen molar-refractivity contribution in [2.45, 2.75) is 274 Å². The van der Waals surface area contributed by atoms with Gasteiger partial charge in [0.15, 0.2) is 0 Å². The van der Waals surface area contributed by atoms with Crippen molar-refractivity contribution >= 4 is 13.7 Å². The summed E-state index contributed by atoms with van der Waals surface area (Å²) in [7, 11) is -5.11. The van der Waals surface area contributed by atoms with E-state index in [1.165, 1.54) is 128 Å². The molecule has 1 amide bonds. The molecule has 0 aromatic carbocycles. The normalized spacial score (nSPS) is 23.5. The summed E-state index contributed by atoms with van der Waals surface area (Å²) in [6.45, 7) is 3.80. The molecular formula is C45H90NO12P. The van der Waals surface area contributed by atoms with E-state index in [9.17, 15) is 50.0 Å². The quantitative estimate of drug-likeness (QED) is 0.0211. The molecule has 14 heteroatoms. The summed E-state index contributed by atoms with van der Waals surface area (Å²) in [4.78, 5) is 23.5. The second-order valence-corrected chi connectivity index (χ2v) is 18.9. The fourth-order valence-electron chi connectivity index (χ4n) is 8.01. The van der Waals surface area contributed by atoms with Crippen LogP contribution in [0.3, 0.4) is 0 Å². The van der Waals surface area contributed by atoms with Crippen LogP contribution in [0.25, 0.3) is 0 Å². The molecule has 1 aliphatic carbocycles. The van der Waals surface area contributed by atoms with Gasteiger partial charge in [0.25, 0.3) is 0 Å². The monoisotopic (exact) mass is 868 g/mol. The second-order valence-electron chi connectivity index (χ2n) is 17.5. The molecule has 1 aliphatic rings. The van der Waals surface area contributed by atoms with Crippen molar-refractivity contribution in [3.63, 3.8) is 0 Å². The van der Waals surface area contributed by atoms with Gasteiger partial charge in [-0.05, 0) is 12.8 Å². The number of carbonyl (C=O) groups is 1. The van der Waals surface area contributed by atoms with Crippen molar-refractivity contribution in [1.29, 1.82) is 0 Å². The summed E-state index contributed by atoms with van der Waals surface area (Å²) in [6, 6.07) is -1.15. The minimum absolute atomic E-state index is 0.216. The number of amides is 1. The molecule has 1 rings (SSSR count). The zero-order valence-electron chi connectivity index (χ0n) is 37.2. The fourth-order valence-corrected chi connectivity index (χ4v) is 8.98. The number of rotatable bonds is 40. The van der Waals surface area contributed by atoms with Crippen LogP contribution in [0.4, 0.5) is 0 Å². The van der Waals surface area contributed by atoms with Crippen LogP contribution >= 0.6 is 7.82 Å². The molecule has 0 radical (unpaired) electrons. The number of hydrogen-bond donors (Lipinski definition) is 9. The number of aliphatic hydroxyl groups excluding tert-OH is 7. The lowest BCUT2D eigenvalue weighted by Crippen LogP contribution is -2.64. The van der Waals surface area contributed by atoms with E-state index in [1.807, 2.05) is 0 Å². The molecule has 0 saturated heterocycles. The van der Waals surface area contributed by atoms with E-state index < -0.39 is 75.2 Å². The Morgan fingerprint density at radius 3 is 1.22 bits per heavy atom. The van der Waals surface area contributed by atoms with Gasteiger partial charge in [-0.25, -0.2) is 4.57 Å². The molecule has 0 aromatic heterocycles. The Kier molecular flexibility index (Phi) is 34.1. The van der Waals surface area contributed by atoms with Gasteiger partial charge >= 0.3 is 7.82 Å². The molecule has 13 nitrogen and oxygen atoms in total. The molecule has 0 bridgehead atoms. The van der Waals surface area contributed by atoms with Gasteiger partial charge in [0.1, 0.15) is 36.6 Å². The highest BCUT2D eigenvalue weighted by atomic mass is 31.2. The van der Waals surface area contributed by atoms with Crippen LogP contribution < -0.4 is 5.32 Å². The van der Waals surface area contributed by atoms with Crippen molar-refractivity contribution < 1.29 is 59.0 Å². The van der Waals surface area contributed by atoms with E-state index in [4.69, 9.17) is 9.05 Å². The number of phosphoric acid groups is 1. The first-order valence-electron chi connectivity index (χ1n) is 24.1. The smallest absolute Gasteiger partial charge is 0.393 e. The van der Waals surface area contributed by atoms with Crippen LogP contribution in [0.15, 0.2) is 0 Å². The Labute approximate surface area is 358 Å². The summed E-state index contributed by atoms with van der Waals surface area (Å²) in [6.07, 6.45) is 21.5. The minimum Gasteiger partial charge on any atom is -0.393 e. The van der Waals surface area contributed by atoms with Gasteiger partial charge in [-0.1, -0.05) is 200 Å². The molecule has 0 aromatic rings. The number of nitrogens with one attached hydrogen (secondary N) is 1. The first-order valence-corrected chi connectivity index (χ1v) is 25.6. The van der Waals surface area contributed by atoms with Crippen molar-refractivity contribution in [3.05, 3.63) is 0 Å². The maximum Gasteiger partial charge on any atom is 0.472 e. The molecule has 0 heterocycles. The van der Waals surface area contributed by atoms with Crippen LogP contribution in [0.1, 0.15) is 219 Å². The average Bonchev–Trinajstić information content (AvgIpc) is 3.21. The third-order valence-electron chi connectivity index (χ3n) is 12.0. The topological polar surface area (TPSA) is 226 Å². The predicted molar refractivity (Wildman–Crippen MR) is 234 cm³/mol.